The van der Waals surface area contributed by atoms with Crippen LogP contribution in [-0.4, -0.2) is 45.4 Å². The number of methoxy groups -OCH3 is 1. The van der Waals surface area contributed by atoms with Gasteiger partial charge in [0.2, 0.25) is 0 Å². The van der Waals surface area contributed by atoms with E-state index in [9.17, 15) is 9.59 Å². The van der Waals surface area contributed by atoms with Crippen molar-refractivity contribution in [2.75, 3.05) is 12.8 Å². The lowest BCUT2D eigenvalue weighted by Crippen LogP contribution is -2.39. The van der Waals surface area contributed by atoms with Crippen molar-refractivity contribution in [3.63, 3.8) is 0 Å². The lowest BCUT2D eigenvalue weighted by Gasteiger charge is -2.22. The zero-order chi connectivity index (χ0) is 23.2. The number of nitrogen functional groups attached to an aromatic ring is 1. The smallest absolute Gasteiger partial charge is 0.408 e. The van der Waals surface area contributed by atoms with Crippen molar-refractivity contribution in [1.29, 1.82) is 0 Å². The fraction of sp³-hybridized carbons (Fsp3) is 0.304. The molecule has 3 N–H and O–H groups in total. The Hall–Kier alpha value is -3.88. The first-order valence-electron chi connectivity index (χ1n) is 10.1. The molecule has 1 amide bonds. The number of aromatic nitrogens is 3. The van der Waals surface area contributed by atoms with Crippen LogP contribution in [0, 0.1) is 0 Å². The largest absolute Gasteiger partial charge is 0.465 e. The third kappa shape index (κ3) is 3.66. The Labute approximate surface area is 185 Å². The second-order valence-electron chi connectivity index (χ2n) is 8.58. The van der Waals surface area contributed by atoms with Gasteiger partial charge in [0.15, 0.2) is 0 Å². The van der Waals surface area contributed by atoms with E-state index < -0.39 is 17.7 Å². The molecule has 0 fully saturated rings. The minimum absolute atomic E-state index is 0.341. The van der Waals surface area contributed by atoms with Gasteiger partial charge in [-0.2, -0.15) is 0 Å². The van der Waals surface area contributed by atoms with Crippen molar-refractivity contribution in [2.24, 2.45) is 0 Å². The number of carbonyl (C=O) groups is 2. The summed E-state index contributed by atoms with van der Waals surface area (Å²) < 4.78 is 12.2. The first kappa shape index (κ1) is 21.4. The van der Waals surface area contributed by atoms with Gasteiger partial charge >= 0.3 is 12.1 Å². The van der Waals surface area contributed by atoms with Crippen LogP contribution in [0.15, 0.2) is 37.2 Å². The molecule has 32 heavy (non-hydrogen) atoms. The number of esters is 1. The van der Waals surface area contributed by atoms with E-state index in [0.717, 1.165) is 16.8 Å². The summed E-state index contributed by atoms with van der Waals surface area (Å²) in [6.07, 6.45) is 0.892. The number of nitrogens with zero attached hydrogens (tertiary/aromatic N) is 3. The molecule has 0 saturated heterocycles. The second kappa shape index (κ2) is 7.67. The number of ether oxygens (including phenoxy) is 2. The number of hydrogen-bond acceptors (Lipinski definition) is 7. The van der Waals surface area contributed by atoms with E-state index in [2.05, 4.69) is 21.9 Å². The summed E-state index contributed by atoms with van der Waals surface area (Å²) in [6.45, 7) is 10.1. The Morgan fingerprint density at radius 1 is 1.22 bits per heavy atom. The van der Waals surface area contributed by atoms with Crippen molar-refractivity contribution in [2.45, 2.75) is 39.0 Å². The molecule has 1 aromatic carbocycles. The molecule has 0 spiro atoms. The lowest BCUT2D eigenvalue weighted by atomic mass is 9.97. The van der Waals surface area contributed by atoms with Gasteiger partial charge in [0.05, 0.1) is 29.8 Å². The summed E-state index contributed by atoms with van der Waals surface area (Å²) in [5, 5.41) is 3.59. The number of nitrogens with two attached hydrogens (primary N) is 1. The monoisotopic (exact) mass is 435 g/mol. The third-order valence-corrected chi connectivity index (χ3v) is 5.24. The molecule has 1 aliphatic rings. The Morgan fingerprint density at radius 3 is 2.53 bits per heavy atom. The molecular formula is C23H25N5O4. The average Bonchev–Trinajstić information content (AvgIpc) is 3.22. The quantitative estimate of drug-likeness (QED) is 0.605. The molecule has 1 atom stereocenters. The number of amides is 1. The predicted molar refractivity (Wildman–Crippen MR) is 121 cm³/mol. The van der Waals surface area contributed by atoms with Gasteiger partial charge in [-0.3, -0.25) is 0 Å². The highest BCUT2D eigenvalue weighted by molar-refractivity contribution is 6.07. The minimum Gasteiger partial charge on any atom is -0.465 e. The number of fused-ring (bicyclic) bond motifs is 3. The number of benzene rings is 1. The van der Waals surface area contributed by atoms with Gasteiger partial charge in [-0.05, 0) is 44.0 Å². The first-order chi connectivity index (χ1) is 15.1. The molecule has 166 valence electrons. The molecule has 3 aromatic rings. The van der Waals surface area contributed by atoms with Crippen LogP contribution >= 0.6 is 0 Å². The molecule has 4 rings (SSSR count). The summed E-state index contributed by atoms with van der Waals surface area (Å²) in [6, 6.07) is 6.64. The van der Waals surface area contributed by atoms with Crippen LogP contribution in [0.5, 0.6) is 0 Å². The molecule has 0 bridgehead atoms. The maximum Gasteiger partial charge on any atom is 0.408 e. The van der Waals surface area contributed by atoms with Gasteiger partial charge in [-0.1, -0.05) is 18.7 Å². The van der Waals surface area contributed by atoms with Crippen LogP contribution in [0.4, 0.5) is 10.6 Å². The fourth-order valence-corrected chi connectivity index (χ4v) is 3.92. The minimum atomic E-state index is -0.611. The average molecular weight is 435 g/mol. The number of carbonyl (C=O) groups excluding carboxylic acids is 2. The number of rotatable bonds is 3. The third-order valence-electron chi connectivity index (χ3n) is 5.24. The van der Waals surface area contributed by atoms with Gasteiger partial charge in [0, 0.05) is 12.1 Å². The zero-order valence-corrected chi connectivity index (χ0v) is 18.4. The fourth-order valence-electron chi connectivity index (χ4n) is 3.92. The Morgan fingerprint density at radius 2 is 1.91 bits per heavy atom. The van der Waals surface area contributed by atoms with Crippen molar-refractivity contribution in [1.82, 2.24) is 19.9 Å². The SMILES string of the molecule is C=C1c2c(-c3ccc(C(=O)OC)cc3)c3c(N)ncnc3n2C[C@@H]1NC(=O)OC(C)(C)C. The molecule has 0 unspecified atom stereocenters. The van der Waals surface area contributed by atoms with Gasteiger partial charge in [0.25, 0.3) is 0 Å². The molecule has 1 aliphatic heterocycles. The Bertz CT molecular complexity index is 1240. The maximum absolute atomic E-state index is 12.4. The standard InChI is InChI=1S/C23H25N5O4/c1-12-15(27-22(30)32-23(2,3)4)10-28-18(12)16(17-19(24)25-11-26-20(17)28)13-6-8-14(9-7-13)21(29)31-5/h6-9,11,15H,1,10H2,2-5H3,(H,27,30)(H2,24,25,26)/t15-/m0/s1. The lowest BCUT2D eigenvalue weighted by molar-refractivity contribution is 0.0514. The Balaban J connectivity index is 1.78. The topological polar surface area (TPSA) is 121 Å². The maximum atomic E-state index is 12.4. The highest BCUT2D eigenvalue weighted by Gasteiger charge is 2.35. The van der Waals surface area contributed by atoms with Crippen LogP contribution in [0.2, 0.25) is 0 Å². The summed E-state index contributed by atoms with van der Waals surface area (Å²) in [4.78, 5) is 32.8. The van der Waals surface area contributed by atoms with Crippen LogP contribution in [0.25, 0.3) is 27.7 Å². The van der Waals surface area contributed by atoms with E-state index in [1.807, 2.05) is 37.5 Å². The second-order valence-corrected chi connectivity index (χ2v) is 8.58. The Kier molecular flexibility index (Phi) is 5.12. The number of alkyl carbamates (subject to hydrolysis) is 1. The van der Waals surface area contributed by atoms with Gasteiger partial charge in [0.1, 0.15) is 23.4 Å². The van der Waals surface area contributed by atoms with Crippen LogP contribution < -0.4 is 11.1 Å². The zero-order valence-electron chi connectivity index (χ0n) is 18.4. The summed E-state index contributed by atoms with van der Waals surface area (Å²) in [5.74, 6) is -0.0780. The van der Waals surface area contributed by atoms with E-state index in [1.54, 1.807) is 12.1 Å². The first-order valence-corrected chi connectivity index (χ1v) is 10.1. The van der Waals surface area contributed by atoms with Gasteiger partial charge < -0.3 is 25.1 Å². The molecule has 3 heterocycles. The number of nitrogens with one attached hydrogen (secondary N) is 1. The number of hydrogen-bond donors (Lipinski definition) is 2. The van der Waals surface area contributed by atoms with Crippen molar-refractivity contribution < 1.29 is 19.1 Å². The van der Waals surface area contributed by atoms with Crippen LogP contribution in [0.1, 0.15) is 36.8 Å². The van der Waals surface area contributed by atoms with Crippen LogP contribution in [-0.2, 0) is 16.0 Å². The van der Waals surface area contributed by atoms with Crippen molar-refractivity contribution >= 4 is 34.5 Å². The molecular weight excluding hydrogens is 410 g/mol. The van der Waals surface area contributed by atoms with Crippen molar-refractivity contribution in [3.8, 4) is 11.1 Å². The van der Waals surface area contributed by atoms with Gasteiger partial charge in [-0.25, -0.2) is 19.6 Å². The van der Waals surface area contributed by atoms with E-state index in [4.69, 9.17) is 15.2 Å². The van der Waals surface area contributed by atoms with E-state index >= 15 is 0 Å². The van der Waals surface area contributed by atoms with E-state index in [1.165, 1.54) is 13.4 Å². The molecule has 9 heteroatoms. The summed E-state index contributed by atoms with van der Waals surface area (Å²) in [7, 11) is 1.34. The summed E-state index contributed by atoms with van der Waals surface area (Å²) in [5.41, 5.74) is 9.83. The molecule has 0 saturated carbocycles. The summed E-state index contributed by atoms with van der Waals surface area (Å²) >= 11 is 0. The van der Waals surface area contributed by atoms with E-state index in [0.29, 0.717) is 34.5 Å². The highest BCUT2D eigenvalue weighted by atomic mass is 16.6. The normalized spacial score (nSPS) is 15.5. The number of anilines is 1. The van der Waals surface area contributed by atoms with Crippen LogP contribution in [0.3, 0.4) is 0 Å². The molecule has 0 radical (unpaired) electrons. The molecule has 0 aliphatic carbocycles. The van der Waals surface area contributed by atoms with Crippen molar-refractivity contribution in [3.05, 3.63) is 48.4 Å². The molecule has 2 aromatic heterocycles. The highest BCUT2D eigenvalue weighted by Crippen LogP contribution is 2.43. The van der Waals surface area contributed by atoms with Gasteiger partial charge in [-0.15, -0.1) is 0 Å². The van der Waals surface area contributed by atoms with E-state index in [-0.39, 0.29) is 6.04 Å². The predicted octanol–water partition coefficient (Wildman–Crippen LogP) is 3.39. The molecule has 9 nitrogen and oxygen atoms in total.